The summed E-state index contributed by atoms with van der Waals surface area (Å²) in [4.78, 5) is 26.7. The number of hydrogen-bond acceptors (Lipinski definition) is 3. The largest absolute Gasteiger partial charge is 0.497 e. The van der Waals surface area contributed by atoms with Crippen molar-refractivity contribution in [3.8, 4) is 5.75 Å². The number of ether oxygens (including phenoxy) is 1. The van der Waals surface area contributed by atoms with E-state index in [1.807, 2.05) is 24.3 Å². The molecule has 0 aromatic heterocycles. The fourth-order valence-electron chi connectivity index (χ4n) is 3.61. The summed E-state index contributed by atoms with van der Waals surface area (Å²) in [7, 11) is 1.61. The Morgan fingerprint density at radius 2 is 1.89 bits per heavy atom. The van der Waals surface area contributed by atoms with Gasteiger partial charge < -0.3 is 20.3 Å². The lowest BCUT2D eigenvalue weighted by Crippen LogP contribution is -2.44. The molecule has 2 aromatic rings. The summed E-state index contributed by atoms with van der Waals surface area (Å²) in [5.41, 5.74) is 2.30. The molecule has 0 radical (unpaired) electrons. The van der Waals surface area contributed by atoms with Crippen LogP contribution in [0.25, 0.3) is 0 Å². The number of rotatable bonds is 5. The third-order valence-electron chi connectivity index (χ3n) is 5.07. The predicted octanol–water partition coefficient (Wildman–Crippen LogP) is 2.53. The average molecular weight is 381 g/mol. The fourth-order valence-corrected chi connectivity index (χ4v) is 3.61. The number of carbonyl (C=O) groups excluding carboxylic acids is 2. The van der Waals surface area contributed by atoms with Crippen molar-refractivity contribution in [3.63, 3.8) is 0 Å². The monoisotopic (exact) mass is 381 g/mol. The molecule has 0 spiro atoms. The zero-order chi connectivity index (χ0) is 19.7. The maximum absolute atomic E-state index is 14.3. The minimum atomic E-state index is -0.788. The molecular formula is C21H20FN3O3. The molecule has 0 bridgehead atoms. The van der Waals surface area contributed by atoms with Crippen molar-refractivity contribution in [2.75, 3.05) is 20.2 Å². The molecule has 0 unspecified atom stereocenters. The fraction of sp³-hybridized carbons (Fsp3) is 0.238. The number of amides is 3. The van der Waals surface area contributed by atoms with E-state index in [9.17, 15) is 14.0 Å². The highest BCUT2D eigenvalue weighted by Gasteiger charge is 2.40. The van der Waals surface area contributed by atoms with E-state index in [1.165, 1.54) is 6.07 Å². The summed E-state index contributed by atoms with van der Waals surface area (Å²) in [6.07, 6.45) is 0.669. The van der Waals surface area contributed by atoms with E-state index >= 15 is 0 Å². The number of nitrogens with one attached hydrogen (secondary N) is 2. The number of urea groups is 1. The molecule has 0 fully saturated rings. The van der Waals surface area contributed by atoms with Gasteiger partial charge in [0, 0.05) is 12.1 Å². The smallest absolute Gasteiger partial charge is 0.319 e. The van der Waals surface area contributed by atoms with Crippen molar-refractivity contribution in [1.82, 2.24) is 15.5 Å². The normalized spacial score (nSPS) is 18.6. The number of hydrogen-bond donors (Lipinski definition) is 2. The molecule has 2 aromatic carbocycles. The average Bonchev–Trinajstić information content (AvgIpc) is 3.02. The molecule has 1 atom stereocenters. The highest BCUT2D eigenvalue weighted by Crippen LogP contribution is 2.33. The minimum Gasteiger partial charge on any atom is -0.497 e. The standard InChI is InChI=1S/C21H20FN3O3/c1-28-14-8-6-13(7-9-14)10-11-25-12-17-18(20(25)26)19(24-21(27)23-17)15-4-2-3-5-16(15)22/h2-9,19H,10-12H2,1H3,(H2,23,24,27)/t19-/m0/s1. The van der Waals surface area contributed by atoms with Crippen LogP contribution in [0.1, 0.15) is 17.2 Å². The first-order valence-electron chi connectivity index (χ1n) is 9.04. The number of nitrogens with zero attached hydrogens (tertiary/aromatic N) is 1. The number of methoxy groups -OCH3 is 1. The van der Waals surface area contributed by atoms with Crippen LogP contribution in [-0.4, -0.2) is 37.0 Å². The minimum absolute atomic E-state index is 0.190. The van der Waals surface area contributed by atoms with Gasteiger partial charge in [-0.25, -0.2) is 9.18 Å². The molecule has 2 heterocycles. The molecule has 7 heteroatoms. The molecule has 2 aliphatic rings. The van der Waals surface area contributed by atoms with Crippen molar-refractivity contribution in [1.29, 1.82) is 0 Å². The molecule has 6 nitrogen and oxygen atoms in total. The van der Waals surface area contributed by atoms with E-state index in [4.69, 9.17) is 4.74 Å². The van der Waals surface area contributed by atoms with Gasteiger partial charge in [-0.05, 0) is 30.2 Å². The molecule has 4 rings (SSSR count). The maximum Gasteiger partial charge on any atom is 0.319 e. The van der Waals surface area contributed by atoms with Crippen molar-refractivity contribution in [3.05, 3.63) is 76.7 Å². The summed E-state index contributed by atoms with van der Waals surface area (Å²) < 4.78 is 19.4. The quantitative estimate of drug-likeness (QED) is 0.836. The highest BCUT2D eigenvalue weighted by atomic mass is 19.1. The van der Waals surface area contributed by atoms with Crippen molar-refractivity contribution >= 4 is 11.9 Å². The van der Waals surface area contributed by atoms with Crippen LogP contribution in [0.15, 0.2) is 59.8 Å². The van der Waals surface area contributed by atoms with E-state index in [0.29, 0.717) is 30.8 Å². The molecule has 2 N–H and O–H groups in total. The van der Waals surface area contributed by atoms with Crippen LogP contribution in [0.3, 0.4) is 0 Å². The Labute approximate surface area is 162 Å². The van der Waals surface area contributed by atoms with Gasteiger partial charge in [-0.2, -0.15) is 0 Å². The van der Waals surface area contributed by atoms with Gasteiger partial charge >= 0.3 is 6.03 Å². The van der Waals surface area contributed by atoms with Crippen LogP contribution in [0.2, 0.25) is 0 Å². The van der Waals surface area contributed by atoms with Crippen LogP contribution in [-0.2, 0) is 11.2 Å². The van der Waals surface area contributed by atoms with Gasteiger partial charge in [0.1, 0.15) is 11.6 Å². The SMILES string of the molecule is COc1ccc(CCN2CC3=C(C2=O)[C@H](c2ccccc2F)NC(=O)N3)cc1. The molecule has 0 saturated carbocycles. The lowest BCUT2D eigenvalue weighted by Gasteiger charge is -2.25. The second-order valence-corrected chi connectivity index (χ2v) is 6.77. The van der Waals surface area contributed by atoms with Gasteiger partial charge in [-0.1, -0.05) is 30.3 Å². The van der Waals surface area contributed by atoms with E-state index in [2.05, 4.69) is 10.6 Å². The lowest BCUT2D eigenvalue weighted by molar-refractivity contribution is -0.125. The first-order chi connectivity index (χ1) is 13.6. The van der Waals surface area contributed by atoms with E-state index < -0.39 is 17.9 Å². The van der Waals surface area contributed by atoms with Crippen LogP contribution >= 0.6 is 0 Å². The van der Waals surface area contributed by atoms with E-state index in [0.717, 1.165) is 11.3 Å². The summed E-state index contributed by atoms with van der Waals surface area (Å²) in [6, 6.07) is 12.6. The molecule has 0 saturated heterocycles. The van der Waals surface area contributed by atoms with Crippen LogP contribution in [0, 0.1) is 5.82 Å². The summed E-state index contributed by atoms with van der Waals surface area (Å²) in [5.74, 6) is 0.134. The summed E-state index contributed by atoms with van der Waals surface area (Å²) in [6.45, 7) is 0.806. The number of halogens is 1. The number of benzene rings is 2. The predicted molar refractivity (Wildman–Crippen MR) is 101 cm³/mol. The van der Waals surface area contributed by atoms with Gasteiger partial charge in [-0.15, -0.1) is 0 Å². The molecule has 144 valence electrons. The zero-order valence-corrected chi connectivity index (χ0v) is 15.4. The third-order valence-corrected chi connectivity index (χ3v) is 5.07. The van der Waals surface area contributed by atoms with E-state index in [1.54, 1.807) is 30.2 Å². The Morgan fingerprint density at radius 3 is 2.61 bits per heavy atom. The molecule has 2 aliphatic heterocycles. The van der Waals surface area contributed by atoms with Crippen LogP contribution in [0.4, 0.5) is 9.18 Å². The van der Waals surface area contributed by atoms with Gasteiger partial charge in [-0.3, -0.25) is 4.79 Å². The van der Waals surface area contributed by atoms with Crippen LogP contribution < -0.4 is 15.4 Å². The number of carbonyl (C=O) groups is 2. The summed E-state index contributed by atoms with van der Waals surface area (Å²) in [5, 5.41) is 5.37. The Balaban J connectivity index is 1.52. The lowest BCUT2D eigenvalue weighted by atomic mass is 9.96. The van der Waals surface area contributed by atoms with Crippen molar-refractivity contribution in [2.45, 2.75) is 12.5 Å². The van der Waals surface area contributed by atoms with Crippen molar-refractivity contribution < 1.29 is 18.7 Å². The second-order valence-electron chi connectivity index (χ2n) is 6.77. The van der Waals surface area contributed by atoms with Gasteiger partial charge in [0.2, 0.25) is 0 Å². The van der Waals surface area contributed by atoms with Crippen molar-refractivity contribution in [2.24, 2.45) is 0 Å². The Morgan fingerprint density at radius 1 is 1.14 bits per heavy atom. The first kappa shape index (κ1) is 18.0. The van der Waals surface area contributed by atoms with Gasteiger partial charge in [0.25, 0.3) is 5.91 Å². The molecule has 3 amide bonds. The Bertz CT molecular complexity index is 956. The van der Waals surface area contributed by atoms with Gasteiger partial charge in [0.05, 0.1) is 31.0 Å². The Kier molecular flexibility index (Phi) is 4.73. The zero-order valence-electron chi connectivity index (χ0n) is 15.4. The highest BCUT2D eigenvalue weighted by molar-refractivity contribution is 6.01. The van der Waals surface area contributed by atoms with E-state index in [-0.39, 0.29) is 11.5 Å². The molecular weight excluding hydrogens is 361 g/mol. The first-order valence-corrected chi connectivity index (χ1v) is 9.04. The maximum atomic E-state index is 14.3. The third kappa shape index (κ3) is 3.31. The van der Waals surface area contributed by atoms with Gasteiger partial charge in [0.15, 0.2) is 0 Å². The second kappa shape index (κ2) is 7.34. The molecule has 28 heavy (non-hydrogen) atoms. The Hall–Kier alpha value is -3.35. The topological polar surface area (TPSA) is 70.7 Å². The molecule has 0 aliphatic carbocycles. The van der Waals surface area contributed by atoms with Crippen LogP contribution in [0.5, 0.6) is 5.75 Å². The summed E-state index contributed by atoms with van der Waals surface area (Å²) >= 11 is 0.